The van der Waals surface area contributed by atoms with E-state index in [0.717, 1.165) is 6.08 Å². The van der Waals surface area contributed by atoms with Crippen LogP contribution in [0, 0.1) is 34.5 Å². The summed E-state index contributed by atoms with van der Waals surface area (Å²) in [4.78, 5) is 37.7. The molecule has 0 aromatic heterocycles. The number of alkyl halides is 2. The van der Waals surface area contributed by atoms with E-state index in [1.807, 2.05) is 13.8 Å². The maximum absolute atomic E-state index is 15.5. The number of fused-ring (bicyclic) bond motifs is 5. The van der Waals surface area contributed by atoms with Crippen LogP contribution in [-0.2, 0) is 19.1 Å². The number of carbonyl (C=O) groups is 3. The van der Waals surface area contributed by atoms with Crippen LogP contribution in [-0.4, -0.2) is 46.4 Å². The minimum absolute atomic E-state index is 0.0684. The molecule has 5 nitrogen and oxygen atoms in total. The average molecular weight is 485 g/mol. The lowest BCUT2D eigenvalue weighted by atomic mass is 9.45. The Labute approximate surface area is 197 Å². The molecule has 0 heterocycles. The molecule has 0 aromatic carbocycles. The van der Waals surface area contributed by atoms with Gasteiger partial charge in [0.25, 0.3) is 0 Å². The number of aliphatic hydroxyl groups is 1. The molecular weight excluding hydrogens is 454 g/mol. The third kappa shape index (κ3) is 3.07. The van der Waals surface area contributed by atoms with E-state index < -0.39 is 63.9 Å². The van der Waals surface area contributed by atoms with Crippen LogP contribution in [0.5, 0.6) is 0 Å². The smallest absolute Gasteiger partial charge is 0.306 e. The van der Waals surface area contributed by atoms with Crippen LogP contribution >= 0.6 is 11.6 Å². The summed E-state index contributed by atoms with van der Waals surface area (Å²) >= 11 is 5.99. The predicted molar refractivity (Wildman–Crippen MR) is 118 cm³/mol. The summed E-state index contributed by atoms with van der Waals surface area (Å²) in [7, 11) is 0. The van der Waals surface area contributed by atoms with Crippen LogP contribution in [0.4, 0.5) is 8.78 Å². The van der Waals surface area contributed by atoms with E-state index in [2.05, 4.69) is 0 Å². The minimum Gasteiger partial charge on any atom is -0.450 e. The molecule has 0 amide bonds. The van der Waals surface area contributed by atoms with Crippen molar-refractivity contribution in [3.8, 4) is 0 Å². The summed E-state index contributed by atoms with van der Waals surface area (Å²) in [6.07, 6.45) is 0.543. The van der Waals surface area contributed by atoms with Crippen molar-refractivity contribution in [2.75, 3.05) is 5.88 Å². The molecule has 0 radical (unpaired) electrons. The second kappa shape index (κ2) is 7.98. The molecule has 33 heavy (non-hydrogen) atoms. The number of Topliss-reactive ketones (excluding diaryl/α,β-unsaturated/α-hetero) is 1. The van der Waals surface area contributed by atoms with Gasteiger partial charge in [-0.05, 0) is 37.2 Å². The number of carbonyl (C=O) groups excluding carboxylic acids is 3. The SMILES string of the molecule is CCC(=O)O[C@]1(C(=O)CCl)[C@@H](C)C[C@H]2[C@@H]3C[C@H](F)C4=C(F)C(=O)C=C[C@]4(C)[C@H]3[C@@H](O)C[C@@]21C. The largest absolute Gasteiger partial charge is 0.450 e. The first-order valence-corrected chi connectivity index (χ1v) is 12.2. The third-order valence-corrected chi connectivity index (χ3v) is 9.43. The van der Waals surface area contributed by atoms with Gasteiger partial charge in [-0.15, -0.1) is 11.6 Å². The van der Waals surface area contributed by atoms with Crippen molar-refractivity contribution in [2.45, 2.75) is 71.3 Å². The van der Waals surface area contributed by atoms with Gasteiger partial charge >= 0.3 is 5.97 Å². The molecular formula is C25H31ClF2O5. The first-order valence-electron chi connectivity index (χ1n) is 11.7. The van der Waals surface area contributed by atoms with E-state index in [1.165, 1.54) is 6.08 Å². The Kier molecular flexibility index (Phi) is 5.93. The maximum Gasteiger partial charge on any atom is 0.306 e. The highest BCUT2D eigenvalue weighted by molar-refractivity contribution is 6.29. The number of allylic oxidation sites excluding steroid dienone is 4. The topological polar surface area (TPSA) is 80.7 Å². The number of aliphatic hydroxyl groups excluding tert-OH is 1. The lowest BCUT2D eigenvalue weighted by Gasteiger charge is -2.60. The number of hydrogen-bond acceptors (Lipinski definition) is 5. The normalized spacial score (nSPS) is 46.5. The van der Waals surface area contributed by atoms with Crippen molar-refractivity contribution in [1.82, 2.24) is 0 Å². The van der Waals surface area contributed by atoms with Gasteiger partial charge in [-0.2, -0.15) is 0 Å². The summed E-state index contributed by atoms with van der Waals surface area (Å²) in [6, 6.07) is 0. The summed E-state index contributed by atoms with van der Waals surface area (Å²) in [5, 5.41) is 11.5. The van der Waals surface area contributed by atoms with Gasteiger partial charge in [-0.25, -0.2) is 8.78 Å². The molecule has 9 atom stereocenters. The van der Waals surface area contributed by atoms with Gasteiger partial charge in [0.1, 0.15) is 6.17 Å². The Bertz CT molecular complexity index is 962. The van der Waals surface area contributed by atoms with Crippen molar-refractivity contribution in [3.05, 3.63) is 23.6 Å². The Morgan fingerprint density at radius 1 is 1.30 bits per heavy atom. The quantitative estimate of drug-likeness (QED) is 0.476. The Morgan fingerprint density at radius 2 is 1.97 bits per heavy atom. The minimum atomic E-state index is -1.69. The predicted octanol–water partition coefficient (Wildman–Crippen LogP) is 4.26. The van der Waals surface area contributed by atoms with Crippen LogP contribution in [0.1, 0.15) is 53.4 Å². The van der Waals surface area contributed by atoms with Crippen molar-refractivity contribution >= 4 is 29.1 Å². The zero-order valence-corrected chi connectivity index (χ0v) is 20.1. The lowest BCUT2D eigenvalue weighted by molar-refractivity contribution is -0.204. The Morgan fingerprint density at radius 3 is 2.58 bits per heavy atom. The van der Waals surface area contributed by atoms with Gasteiger partial charge in [0, 0.05) is 34.7 Å². The van der Waals surface area contributed by atoms with E-state index >= 15 is 4.39 Å². The van der Waals surface area contributed by atoms with E-state index in [1.54, 1.807) is 13.8 Å². The monoisotopic (exact) mass is 484 g/mol. The van der Waals surface area contributed by atoms with Gasteiger partial charge in [-0.1, -0.05) is 33.8 Å². The highest BCUT2D eigenvalue weighted by atomic mass is 35.5. The first kappa shape index (κ1) is 24.5. The van der Waals surface area contributed by atoms with Crippen LogP contribution < -0.4 is 0 Å². The molecule has 0 bridgehead atoms. The second-order valence-electron chi connectivity index (χ2n) is 10.7. The highest BCUT2D eigenvalue weighted by Crippen LogP contribution is 2.69. The molecule has 3 saturated carbocycles. The van der Waals surface area contributed by atoms with Gasteiger partial charge in [0.15, 0.2) is 17.2 Å². The molecule has 1 N–H and O–H groups in total. The van der Waals surface area contributed by atoms with E-state index in [4.69, 9.17) is 16.3 Å². The van der Waals surface area contributed by atoms with Crippen LogP contribution in [0.25, 0.3) is 0 Å². The molecule has 0 unspecified atom stereocenters. The summed E-state index contributed by atoms with van der Waals surface area (Å²) in [5.41, 5.74) is -3.84. The summed E-state index contributed by atoms with van der Waals surface area (Å²) in [6.45, 7) is 6.98. The molecule has 0 aromatic rings. The molecule has 0 spiro atoms. The van der Waals surface area contributed by atoms with E-state index in [0.29, 0.717) is 6.42 Å². The first-order chi connectivity index (χ1) is 15.4. The van der Waals surface area contributed by atoms with Gasteiger partial charge in [0.2, 0.25) is 5.78 Å². The maximum atomic E-state index is 15.5. The Hall–Kier alpha value is -1.60. The van der Waals surface area contributed by atoms with Crippen molar-refractivity contribution < 1.29 is 33.0 Å². The number of ether oxygens (including phenoxy) is 1. The highest BCUT2D eigenvalue weighted by Gasteiger charge is 2.73. The van der Waals surface area contributed by atoms with Gasteiger partial charge < -0.3 is 9.84 Å². The number of rotatable bonds is 4. The van der Waals surface area contributed by atoms with Gasteiger partial charge in [-0.3, -0.25) is 14.4 Å². The standard InChI is InChI=1S/C25H31ClF2O5/c1-5-19(32)33-25(18(31)11-26)12(2)8-14-13-9-15(27)21-22(28)16(29)6-7-23(21,3)20(13)17(30)10-24(14,25)4/h6-7,12-15,17,20,30H,5,8-11H2,1-4H3/t12-,13-,14-,15-,17-,20+,23+,24-,25-/m0/s1. The second-order valence-corrected chi connectivity index (χ2v) is 10.9. The average Bonchev–Trinajstić information content (AvgIpc) is 2.97. The molecule has 8 heteroatoms. The molecule has 4 aliphatic carbocycles. The number of esters is 1. The number of halogens is 3. The zero-order chi connectivity index (χ0) is 24.5. The van der Waals surface area contributed by atoms with E-state index in [9.17, 15) is 23.9 Å². The van der Waals surface area contributed by atoms with E-state index in [-0.39, 0.29) is 42.6 Å². The third-order valence-electron chi connectivity index (χ3n) is 9.19. The van der Waals surface area contributed by atoms with Crippen LogP contribution in [0.2, 0.25) is 0 Å². The Balaban J connectivity index is 1.85. The summed E-state index contributed by atoms with van der Waals surface area (Å²) in [5.74, 6) is -4.81. The van der Waals surface area contributed by atoms with Crippen LogP contribution in [0.3, 0.4) is 0 Å². The van der Waals surface area contributed by atoms with Gasteiger partial charge in [0.05, 0.1) is 12.0 Å². The number of hydrogen-bond donors (Lipinski definition) is 1. The van der Waals surface area contributed by atoms with Crippen molar-refractivity contribution in [1.29, 1.82) is 0 Å². The zero-order valence-electron chi connectivity index (χ0n) is 19.4. The number of ketones is 2. The fourth-order valence-corrected chi connectivity index (χ4v) is 8.17. The molecule has 0 aliphatic heterocycles. The lowest BCUT2D eigenvalue weighted by Crippen LogP contribution is -2.64. The summed E-state index contributed by atoms with van der Waals surface area (Å²) < 4.78 is 36.2. The molecule has 4 rings (SSSR count). The van der Waals surface area contributed by atoms with Crippen molar-refractivity contribution in [3.63, 3.8) is 0 Å². The molecule has 182 valence electrons. The van der Waals surface area contributed by atoms with Crippen molar-refractivity contribution in [2.24, 2.45) is 34.5 Å². The fourth-order valence-electron chi connectivity index (χ4n) is 7.97. The van der Waals surface area contributed by atoms with Crippen LogP contribution in [0.15, 0.2) is 23.6 Å². The molecule has 3 fully saturated rings. The fraction of sp³-hybridized carbons (Fsp3) is 0.720. The molecule has 0 saturated heterocycles. The molecule has 4 aliphatic rings.